The van der Waals surface area contributed by atoms with Crippen LogP contribution in [0.3, 0.4) is 0 Å². The molecule has 0 aliphatic rings. The lowest BCUT2D eigenvalue weighted by Gasteiger charge is -2.08. The van der Waals surface area contributed by atoms with Crippen LogP contribution in [0.1, 0.15) is 25.7 Å². The normalized spacial score (nSPS) is 10.6. The highest BCUT2D eigenvalue weighted by molar-refractivity contribution is 5.75. The van der Waals surface area contributed by atoms with Gasteiger partial charge in [0.1, 0.15) is 0 Å². The summed E-state index contributed by atoms with van der Waals surface area (Å²) in [5.41, 5.74) is 0. The summed E-state index contributed by atoms with van der Waals surface area (Å²) >= 11 is 0. The van der Waals surface area contributed by atoms with Crippen molar-refractivity contribution in [2.24, 2.45) is 0 Å². The van der Waals surface area contributed by atoms with Crippen molar-refractivity contribution in [1.82, 2.24) is 10.2 Å². The predicted octanol–water partition coefficient (Wildman–Crippen LogP) is 0.217. The van der Waals surface area contributed by atoms with Crippen LogP contribution < -0.4 is 5.32 Å². The molecule has 0 aromatic carbocycles. The van der Waals surface area contributed by atoms with Crippen molar-refractivity contribution in [2.45, 2.75) is 25.7 Å². The lowest BCUT2D eigenvalue weighted by molar-refractivity contribution is -0.121. The number of aliphatic hydroxyl groups excluding tert-OH is 1. The number of nitrogens with one attached hydrogen (secondary N) is 1. The fourth-order valence-corrected chi connectivity index (χ4v) is 1.11. The first kappa shape index (κ1) is 13.4. The Bertz CT molecular complexity index is 149. The van der Waals surface area contributed by atoms with E-state index in [1.807, 2.05) is 14.1 Å². The number of rotatable bonds is 8. The highest BCUT2D eigenvalue weighted by atomic mass is 16.2. The van der Waals surface area contributed by atoms with Crippen LogP contribution in [0.15, 0.2) is 0 Å². The maximum absolute atomic E-state index is 11.2. The standard InChI is InChI=1S/C10H22N2O2/c1-12(2)8-5-6-10(14)11-7-3-4-9-13/h13H,3-9H2,1-2H3,(H,11,14). The fraction of sp³-hybridized carbons (Fsp3) is 0.900. The molecular formula is C10H22N2O2. The monoisotopic (exact) mass is 202 g/mol. The first-order valence-electron chi connectivity index (χ1n) is 5.19. The third-order valence-electron chi connectivity index (χ3n) is 1.92. The van der Waals surface area contributed by atoms with Crippen LogP contribution in [0.25, 0.3) is 0 Å². The quantitative estimate of drug-likeness (QED) is 0.553. The van der Waals surface area contributed by atoms with Crippen molar-refractivity contribution in [3.8, 4) is 0 Å². The average Bonchev–Trinajstić information content (AvgIpc) is 2.12. The molecule has 0 aromatic heterocycles. The second-order valence-corrected chi connectivity index (χ2v) is 3.69. The van der Waals surface area contributed by atoms with Gasteiger partial charge in [0.05, 0.1) is 0 Å². The highest BCUT2D eigenvalue weighted by Crippen LogP contribution is 1.91. The van der Waals surface area contributed by atoms with Crippen LogP contribution in [0, 0.1) is 0 Å². The largest absolute Gasteiger partial charge is 0.396 e. The molecule has 0 atom stereocenters. The van der Waals surface area contributed by atoms with E-state index in [2.05, 4.69) is 10.2 Å². The zero-order valence-corrected chi connectivity index (χ0v) is 9.25. The number of nitrogens with zero attached hydrogens (tertiary/aromatic N) is 1. The molecule has 0 rings (SSSR count). The van der Waals surface area contributed by atoms with Crippen LogP contribution in [-0.4, -0.2) is 49.7 Å². The van der Waals surface area contributed by atoms with Crippen molar-refractivity contribution in [3.63, 3.8) is 0 Å². The molecule has 4 nitrogen and oxygen atoms in total. The molecular weight excluding hydrogens is 180 g/mol. The molecule has 2 N–H and O–H groups in total. The maximum Gasteiger partial charge on any atom is 0.220 e. The van der Waals surface area contributed by atoms with Crippen LogP contribution in [0.2, 0.25) is 0 Å². The molecule has 0 aliphatic carbocycles. The molecule has 14 heavy (non-hydrogen) atoms. The van der Waals surface area contributed by atoms with E-state index in [0.29, 0.717) is 13.0 Å². The topological polar surface area (TPSA) is 52.6 Å². The van der Waals surface area contributed by atoms with Crippen molar-refractivity contribution >= 4 is 5.91 Å². The summed E-state index contributed by atoms with van der Waals surface area (Å²) in [7, 11) is 4.00. The van der Waals surface area contributed by atoms with E-state index >= 15 is 0 Å². The van der Waals surface area contributed by atoms with Crippen LogP contribution in [0.4, 0.5) is 0 Å². The van der Waals surface area contributed by atoms with Gasteiger partial charge in [0, 0.05) is 19.6 Å². The van der Waals surface area contributed by atoms with Crippen molar-refractivity contribution in [3.05, 3.63) is 0 Å². The molecule has 1 amide bonds. The SMILES string of the molecule is CN(C)CCCC(=O)NCCCCO. The number of hydrogen-bond acceptors (Lipinski definition) is 3. The van der Waals surface area contributed by atoms with E-state index in [1.165, 1.54) is 0 Å². The van der Waals surface area contributed by atoms with Gasteiger partial charge >= 0.3 is 0 Å². The number of aliphatic hydroxyl groups is 1. The summed E-state index contributed by atoms with van der Waals surface area (Å²) in [4.78, 5) is 13.3. The van der Waals surface area contributed by atoms with E-state index < -0.39 is 0 Å². The van der Waals surface area contributed by atoms with E-state index in [4.69, 9.17) is 5.11 Å². The summed E-state index contributed by atoms with van der Waals surface area (Å²) in [6.07, 6.45) is 3.12. The Kier molecular flexibility index (Phi) is 8.57. The Balaban J connectivity index is 3.20. The number of hydrogen-bond donors (Lipinski definition) is 2. The fourth-order valence-electron chi connectivity index (χ4n) is 1.11. The molecule has 4 heteroatoms. The smallest absolute Gasteiger partial charge is 0.220 e. The lowest BCUT2D eigenvalue weighted by Crippen LogP contribution is -2.25. The van der Waals surface area contributed by atoms with Gasteiger partial charge in [-0.1, -0.05) is 0 Å². The number of amides is 1. The predicted molar refractivity (Wildman–Crippen MR) is 57.1 cm³/mol. The summed E-state index contributed by atoms with van der Waals surface area (Å²) < 4.78 is 0. The van der Waals surface area contributed by atoms with Gasteiger partial charge in [-0.2, -0.15) is 0 Å². The molecule has 0 saturated heterocycles. The van der Waals surface area contributed by atoms with Gasteiger partial charge in [-0.15, -0.1) is 0 Å². The van der Waals surface area contributed by atoms with Gasteiger partial charge in [-0.05, 0) is 39.9 Å². The molecule has 0 unspecified atom stereocenters. The van der Waals surface area contributed by atoms with Crippen LogP contribution in [0.5, 0.6) is 0 Å². The minimum atomic E-state index is 0.116. The molecule has 0 saturated carbocycles. The second-order valence-electron chi connectivity index (χ2n) is 3.69. The van der Waals surface area contributed by atoms with E-state index in [0.717, 1.165) is 25.8 Å². The number of carbonyl (C=O) groups excluding carboxylic acids is 1. The zero-order valence-electron chi connectivity index (χ0n) is 9.25. The molecule has 0 aromatic rings. The Hall–Kier alpha value is -0.610. The average molecular weight is 202 g/mol. The van der Waals surface area contributed by atoms with E-state index in [9.17, 15) is 4.79 Å². The highest BCUT2D eigenvalue weighted by Gasteiger charge is 2.00. The summed E-state index contributed by atoms with van der Waals surface area (Å²) in [5, 5.41) is 11.3. The Morgan fingerprint density at radius 2 is 2.00 bits per heavy atom. The molecule has 0 aliphatic heterocycles. The summed E-state index contributed by atoms with van der Waals surface area (Å²) in [5.74, 6) is 0.116. The van der Waals surface area contributed by atoms with Crippen LogP contribution >= 0.6 is 0 Å². The Labute approximate surface area is 86.3 Å². The van der Waals surface area contributed by atoms with E-state index in [1.54, 1.807) is 0 Å². The second kappa shape index (κ2) is 8.97. The minimum Gasteiger partial charge on any atom is -0.396 e. The molecule has 84 valence electrons. The van der Waals surface area contributed by atoms with Crippen molar-refractivity contribution < 1.29 is 9.90 Å². The molecule has 0 heterocycles. The lowest BCUT2D eigenvalue weighted by atomic mass is 10.2. The number of carbonyl (C=O) groups is 1. The summed E-state index contributed by atoms with van der Waals surface area (Å²) in [6, 6.07) is 0. The van der Waals surface area contributed by atoms with Gasteiger partial charge in [0.2, 0.25) is 5.91 Å². The molecule has 0 spiro atoms. The molecule has 0 fully saturated rings. The maximum atomic E-state index is 11.2. The van der Waals surface area contributed by atoms with E-state index in [-0.39, 0.29) is 12.5 Å². The van der Waals surface area contributed by atoms with Gasteiger partial charge in [-0.25, -0.2) is 0 Å². The van der Waals surface area contributed by atoms with Gasteiger partial charge < -0.3 is 15.3 Å². The van der Waals surface area contributed by atoms with Crippen molar-refractivity contribution in [1.29, 1.82) is 0 Å². The summed E-state index contributed by atoms with van der Waals surface area (Å²) in [6.45, 7) is 1.84. The van der Waals surface area contributed by atoms with Gasteiger partial charge in [0.15, 0.2) is 0 Å². The Morgan fingerprint density at radius 1 is 1.29 bits per heavy atom. The first-order chi connectivity index (χ1) is 6.66. The Morgan fingerprint density at radius 3 is 2.57 bits per heavy atom. The third-order valence-corrected chi connectivity index (χ3v) is 1.92. The molecule has 0 radical (unpaired) electrons. The van der Waals surface area contributed by atoms with Crippen LogP contribution in [-0.2, 0) is 4.79 Å². The van der Waals surface area contributed by atoms with Gasteiger partial charge in [0.25, 0.3) is 0 Å². The van der Waals surface area contributed by atoms with Crippen molar-refractivity contribution in [2.75, 3.05) is 33.8 Å². The number of unbranched alkanes of at least 4 members (excludes halogenated alkanes) is 1. The van der Waals surface area contributed by atoms with Gasteiger partial charge in [-0.3, -0.25) is 4.79 Å². The molecule has 0 bridgehead atoms. The third kappa shape index (κ3) is 9.48. The zero-order chi connectivity index (χ0) is 10.8. The minimum absolute atomic E-state index is 0.116. The first-order valence-corrected chi connectivity index (χ1v) is 5.19.